The molecule has 0 amide bonds. The van der Waals surface area contributed by atoms with Crippen molar-refractivity contribution in [2.24, 2.45) is 11.8 Å². The number of nitrogens with one attached hydrogen (secondary N) is 1. The Morgan fingerprint density at radius 2 is 2.50 bits per heavy atom. The minimum absolute atomic E-state index is 0.0775. The summed E-state index contributed by atoms with van der Waals surface area (Å²) in [6, 6.07) is 0. The molecule has 0 aliphatic carbocycles. The molecule has 0 aromatic heterocycles. The zero-order valence-corrected chi connectivity index (χ0v) is 8.79. The van der Waals surface area contributed by atoms with Crippen LogP contribution in [0.4, 0.5) is 0 Å². The Balaban J connectivity index is 2.39. The molecule has 1 heterocycles. The summed E-state index contributed by atoms with van der Waals surface area (Å²) in [4.78, 5) is 11.3. The smallest absolute Gasteiger partial charge is 0.306 e. The summed E-state index contributed by atoms with van der Waals surface area (Å²) in [6.45, 7) is 8.04. The molecule has 1 aliphatic heterocycles. The summed E-state index contributed by atoms with van der Waals surface area (Å²) < 4.78 is 4.94. The van der Waals surface area contributed by atoms with Crippen molar-refractivity contribution in [1.29, 1.82) is 0 Å². The molecule has 0 unspecified atom stereocenters. The zero-order chi connectivity index (χ0) is 10.4. The SMILES string of the molecule is C=C[C@H]1CNCC[C@@H]1CC(=O)OCC. The minimum atomic E-state index is -0.0775. The average molecular weight is 197 g/mol. The van der Waals surface area contributed by atoms with Crippen molar-refractivity contribution in [2.75, 3.05) is 19.7 Å². The maximum atomic E-state index is 11.3. The van der Waals surface area contributed by atoms with Crippen molar-refractivity contribution >= 4 is 5.97 Å². The van der Waals surface area contributed by atoms with E-state index in [1.807, 2.05) is 13.0 Å². The standard InChI is InChI=1S/C11H19NO2/c1-3-9-8-12-6-5-10(9)7-11(13)14-4-2/h3,9-10,12H,1,4-8H2,2H3/t9-,10+/m0/s1. The Morgan fingerprint density at radius 3 is 3.14 bits per heavy atom. The molecule has 1 N–H and O–H groups in total. The lowest BCUT2D eigenvalue weighted by atomic mass is 9.84. The Labute approximate surface area is 85.5 Å². The van der Waals surface area contributed by atoms with E-state index in [4.69, 9.17) is 4.74 Å². The highest BCUT2D eigenvalue weighted by atomic mass is 16.5. The van der Waals surface area contributed by atoms with E-state index < -0.39 is 0 Å². The van der Waals surface area contributed by atoms with Gasteiger partial charge in [-0.05, 0) is 31.7 Å². The van der Waals surface area contributed by atoms with E-state index in [0.29, 0.717) is 24.9 Å². The van der Waals surface area contributed by atoms with Crippen molar-refractivity contribution in [1.82, 2.24) is 5.32 Å². The molecule has 1 rings (SSSR count). The number of esters is 1. The van der Waals surface area contributed by atoms with Crippen molar-refractivity contribution < 1.29 is 9.53 Å². The fraction of sp³-hybridized carbons (Fsp3) is 0.727. The molecule has 1 fully saturated rings. The van der Waals surface area contributed by atoms with Crippen molar-refractivity contribution in [3.63, 3.8) is 0 Å². The number of rotatable bonds is 4. The van der Waals surface area contributed by atoms with Crippen molar-refractivity contribution in [3.05, 3.63) is 12.7 Å². The van der Waals surface area contributed by atoms with Crippen LogP contribution in [0.3, 0.4) is 0 Å². The van der Waals surface area contributed by atoms with Crippen LogP contribution in [-0.4, -0.2) is 25.7 Å². The fourth-order valence-electron chi connectivity index (χ4n) is 1.90. The number of piperidine rings is 1. The second-order valence-corrected chi connectivity index (χ2v) is 3.66. The van der Waals surface area contributed by atoms with Gasteiger partial charge in [0.05, 0.1) is 6.61 Å². The van der Waals surface area contributed by atoms with Gasteiger partial charge in [0.1, 0.15) is 0 Å². The molecule has 3 nitrogen and oxygen atoms in total. The molecule has 1 saturated heterocycles. The first-order chi connectivity index (χ1) is 6.77. The maximum absolute atomic E-state index is 11.3. The van der Waals surface area contributed by atoms with E-state index >= 15 is 0 Å². The van der Waals surface area contributed by atoms with E-state index in [9.17, 15) is 4.79 Å². The largest absolute Gasteiger partial charge is 0.466 e. The number of hydrogen-bond acceptors (Lipinski definition) is 3. The fourth-order valence-corrected chi connectivity index (χ4v) is 1.90. The van der Waals surface area contributed by atoms with Crippen LogP contribution in [-0.2, 0) is 9.53 Å². The highest BCUT2D eigenvalue weighted by Gasteiger charge is 2.24. The molecule has 0 saturated carbocycles. The van der Waals surface area contributed by atoms with E-state index in [1.165, 1.54) is 0 Å². The molecular formula is C11H19NO2. The maximum Gasteiger partial charge on any atom is 0.306 e. The normalized spacial score (nSPS) is 26.9. The molecule has 1 aliphatic rings. The van der Waals surface area contributed by atoms with E-state index in [2.05, 4.69) is 11.9 Å². The second kappa shape index (κ2) is 5.81. The average Bonchev–Trinajstić information content (AvgIpc) is 2.19. The summed E-state index contributed by atoms with van der Waals surface area (Å²) >= 11 is 0. The van der Waals surface area contributed by atoms with E-state index in [0.717, 1.165) is 19.5 Å². The highest BCUT2D eigenvalue weighted by Crippen LogP contribution is 2.23. The topological polar surface area (TPSA) is 38.3 Å². The monoisotopic (exact) mass is 197 g/mol. The second-order valence-electron chi connectivity index (χ2n) is 3.66. The summed E-state index contributed by atoms with van der Waals surface area (Å²) in [6.07, 6.45) is 3.51. The Kier molecular flexibility index (Phi) is 4.66. The van der Waals surface area contributed by atoms with Crippen LogP contribution in [0.2, 0.25) is 0 Å². The first-order valence-corrected chi connectivity index (χ1v) is 5.26. The van der Waals surface area contributed by atoms with Crippen LogP contribution in [0.15, 0.2) is 12.7 Å². The summed E-state index contributed by atoms with van der Waals surface area (Å²) in [7, 11) is 0. The van der Waals surface area contributed by atoms with Crippen LogP contribution in [0.1, 0.15) is 19.8 Å². The molecule has 80 valence electrons. The third-order valence-electron chi connectivity index (χ3n) is 2.71. The van der Waals surface area contributed by atoms with E-state index in [1.54, 1.807) is 0 Å². The van der Waals surface area contributed by atoms with Crippen molar-refractivity contribution in [2.45, 2.75) is 19.8 Å². The molecule has 3 heteroatoms. The van der Waals surface area contributed by atoms with Gasteiger partial charge in [-0.1, -0.05) is 6.08 Å². The number of carbonyl (C=O) groups excluding carboxylic acids is 1. The van der Waals surface area contributed by atoms with Crippen molar-refractivity contribution in [3.8, 4) is 0 Å². The molecule has 2 atom stereocenters. The van der Waals surface area contributed by atoms with Crippen LogP contribution >= 0.6 is 0 Å². The number of ether oxygens (including phenoxy) is 1. The molecule has 0 bridgehead atoms. The van der Waals surface area contributed by atoms with Gasteiger partial charge in [0, 0.05) is 13.0 Å². The lowest BCUT2D eigenvalue weighted by Crippen LogP contribution is -2.36. The summed E-state index contributed by atoms with van der Waals surface area (Å²) in [5.74, 6) is 0.743. The third-order valence-corrected chi connectivity index (χ3v) is 2.71. The van der Waals surface area contributed by atoms with Gasteiger partial charge in [-0.15, -0.1) is 6.58 Å². The first-order valence-electron chi connectivity index (χ1n) is 5.26. The van der Waals surface area contributed by atoms with Crippen LogP contribution in [0, 0.1) is 11.8 Å². The van der Waals surface area contributed by atoms with Gasteiger partial charge < -0.3 is 10.1 Å². The third kappa shape index (κ3) is 3.14. The van der Waals surface area contributed by atoms with Crippen LogP contribution in [0.25, 0.3) is 0 Å². The van der Waals surface area contributed by atoms with Gasteiger partial charge in [-0.3, -0.25) is 4.79 Å². The Morgan fingerprint density at radius 1 is 1.71 bits per heavy atom. The molecule has 0 aromatic carbocycles. The number of carbonyl (C=O) groups is 1. The predicted octanol–water partition coefficient (Wildman–Crippen LogP) is 1.35. The van der Waals surface area contributed by atoms with E-state index in [-0.39, 0.29) is 5.97 Å². The molecule has 0 spiro atoms. The molecular weight excluding hydrogens is 178 g/mol. The minimum Gasteiger partial charge on any atom is -0.466 e. The molecule has 14 heavy (non-hydrogen) atoms. The quantitative estimate of drug-likeness (QED) is 0.546. The highest BCUT2D eigenvalue weighted by molar-refractivity contribution is 5.69. The predicted molar refractivity (Wildman–Crippen MR) is 55.9 cm³/mol. The molecule has 0 aromatic rings. The lowest BCUT2D eigenvalue weighted by molar-refractivity contribution is -0.144. The summed E-state index contributed by atoms with van der Waals surface area (Å²) in [5, 5.41) is 3.30. The molecule has 0 radical (unpaired) electrons. The summed E-state index contributed by atoms with van der Waals surface area (Å²) in [5.41, 5.74) is 0. The van der Waals surface area contributed by atoms with Gasteiger partial charge in [0.25, 0.3) is 0 Å². The van der Waals surface area contributed by atoms with Crippen LogP contribution in [0.5, 0.6) is 0 Å². The van der Waals surface area contributed by atoms with Gasteiger partial charge in [0.15, 0.2) is 0 Å². The first kappa shape index (κ1) is 11.2. The zero-order valence-electron chi connectivity index (χ0n) is 8.79. The van der Waals surface area contributed by atoms with Crippen LogP contribution < -0.4 is 5.32 Å². The van der Waals surface area contributed by atoms with Gasteiger partial charge in [-0.25, -0.2) is 0 Å². The van der Waals surface area contributed by atoms with Gasteiger partial charge in [-0.2, -0.15) is 0 Å². The van der Waals surface area contributed by atoms with Gasteiger partial charge >= 0.3 is 5.97 Å². The Hall–Kier alpha value is -0.830. The lowest BCUT2D eigenvalue weighted by Gasteiger charge is -2.29. The Bertz CT molecular complexity index is 203. The number of hydrogen-bond donors (Lipinski definition) is 1. The van der Waals surface area contributed by atoms with Gasteiger partial charge in [0.2, 0.25) is 0 Å².